The van der Waals surface area contributed by atoms with Gasteiger partial charge in [0.05, 0.1) is 0 Å². The summed E-state index contributed by atoms with van der Waals surface area (Å²) in [6.07, 6.45) is 3.23. The number of urea groups is 1. The molecule has 3 aromatic rings. The van der Waals surface area contributed by atoms with Crippen molar-refractivity contribution in [3.63, 3.8) is 0 Å². The molecule has 5 rings (SSSR count). The minimum atomic E-state index is -0.946. The summed E-state index contributed by atoms with van der Waals surface area (Å²) < 4.78 is 5.77. The van der Waals surface area contributed by atoms with Crippen molar-refractivity contribution in [3.8, 4) is 0 Å². The van der Waals surface area contributed by atoms with E-state index in [9.17, 15) is 19.2 Å². The second-order valence-corrected chi connectivity index (χ2v) is 7.64. The van der Waals surface area contributed by atoms with Gasteiger partial charge in [-0.1, -0.05) is 31.0 Å². The van der Waals surface area contributed by atoms with E-state index in [0.29, 0.717) is 24.1 Å². The Kier molecular flexibility index (Phi) is 4.27. The molecule has 0 atom stereocenters. The van der Waals surface area contributed by atoms with Gasteiger partial charge in [-0.3, -0.25) is 19.3 Å². The van der Waals surface area contributed by atoms with Crippen LogP contribution in [-0.4, -0.2) is 46.1 Å². The Labute approximate surface area is 171 Å². The molecule has 1 N–H and O–H groups in total. The van der Waals surface area contributed by atoms with Gasteiger partial charge >= 0.3 is 17.8 Å². The first kappa shape index (κ1) is 18.4. The molecule has 30 heavy (non-hydrogen) atoms. The molecule has 1 aromatic heterocycles. The number of rotatable bonds is 4. The fraction of sp³-hybridized carbons (Fsp3) is 0.273. The first-order chi connectivity index (χ1) is 14.5. The Hall–Kier alpha value is -3.68. The highest BCUT2D eigenvalue weighted by Crippen LogP contribution is 2.31. The second kappa shape index (κ2) is 6.98. The Balaban J connectivity index is 1.33. The van der Waals surface area contributed by atoms with Crippen LogP contribution in [-0.2, 0) is 14.4 Å². The van der Waals surface area contributed by atoms with Crippen molar-refractivity contribution in [1.82, 2.24) is 9.80 Å². The van der Waals surface area contributed by atoms with Crippen molar-refractivity contribution in [3.05, 3.63) is 42.5 Å². The fourth-order valence-corrected chi connectivity index (χ4v) is 4.29. The second-order valence-electron chi connectivity index (χ2n) is 7.64. The summed E-state index contributed by atoms with van der Waals surface area (Å²) in [6.45, 7) is -0.503. The Bertz CT molecular complexity index is 1210. The van der Waals surface area contributed by atoms with Crippen LogP contribution in [0.4, 0.5) is 10.5 Å². The van der Waals surface area contributed by atoms with E-state index in [1.165, 1.54) is 0 Å². The lowest BCUT2D eigenvalue weighted by Gasteiger charge is -2.20. The summed E-state index contributed by atoms with van der Waals surface area (Å²) in [4.78, 5) is 51.4. The fourth-order valence-electron chi connectivity index (χ4n) is 4.29. The van der Waals surface area contributed by atoms with Gasteiger partial charge in [0.1, 0.15) is 17.7 Å². The van der Waals surface area contributed by atoms with Crippen molar-refractivity contribution in [2.24, 2.45) is 0 Å². The molecule has 2 aromatic carbocycles. The number of benzene rings is 2. The summed E-state index contributed by atoms with van der Waals surface area (Å²) in [5.41, 5.74) is 1.95. The number of para-hydroxylation sites is 1. The average molecular weight is 405 g/mol. The molecule has 152 valence electrons. The molecule has 1 aliphatic heterocycles. The van der Waals surface area contributed by atoms with Gasteiger partial charge in [-0.05, 0) is 37.1 Å². The Morgan fingerprint density at radius 2 is 1.70 bits per heavy atom. The van der Waals surface area contributed by atoms with Crippen molar-refractivity contribution in [2.45, 2.75) is 31.7 Å². The number of carbonyl (C=O) groups excluding carboxylic acids is 4. The number of carbonyl (C=O) groups is 4. The zero-order valence-corrected chi connectivity index (χ0v) is 16.1. The number of imide groups is 2. The molecular weight excluding hydrogens is 386 g/mol. The van der Waals surface area contributed by atoms with Gasteiger partial charge in [0, 0.05) is 22.5 Å². The first-order valence-corrected chi connectivity index (χ1v) is 9.93. The lowest BCUT2D eigenvalue weighted by atomic mass is 10.1. The number of nitrogens with one attached hydrogen (secondary N) is 1. The normalized spacial score (nSPS) is 17.7. The molecular formula is C22H19N3O5. The maximum atomic E-state index is 12.6. The van der Waals surface area contributed by atoms with Crippen molar-refractivity contribution < 1.29 is 23.6 Å². The molecule has 1 saturated carbocycles. The lowest BCUT2D eigenvalue weighted by Crippen LogP contribution is -2.41. The van der Waals surface area contributed by atoms with Crippen LogP contribution in [0.2, 0.25) is 0 Å². The summed E-state index contributed by atoms with van der Waals surface area (Å²) in [6, 6.07) is 11.8. The van der Waals surface area contributed by atoms with E-state index in [0.717, 1.165) is 39.0 Å². The van der Waals surface area contributed by atoms with Crippen molar-refractivity contribution in [1.29, 1.82) is 0 Å². The van der Waals surface area contributed by atoms with Gasteiger partial charge in [-0.2, -0.15) is 0 Å². The lowest BCUT2D eigenvalue weighted by molar-refractivity contribution is -0.144. The molecule has 8 nitrogen and oxygen atoms in total. The summed E-state index contributed by atoms with van der Waals surface area (Å²) in [7, 11) is 0. The average Bonchev–Trinajstić information content (AvgIpc) is 3.43. The number of hydrogen-bond donors (Lipinski definition) is 1. The minimum Gasteiger partial charge on any atom is -0.456 e. The van der Waals surface area contributed by atoms with Crippen LogP contribution >= 0.6 is 0 Å². The van der Waals surface area contributed by atoms with Gasteiger partial charge in [0.25, 0.3) is 0 Å². The molecule has 5 amide bonds. The maximum absolute atomic E-state index is 12.6. The Morgan fingerprint density at radius 3 is 2.50 bits per heavy atom. The highest BCUT2D eigenvalue weighted by molar-refractivity contribution is 6.45. The van der Waals surface area contributed by atoms with Gasteiger partial charge in [0.2, 0.25) is 5.91 Å². The highest BCUT2D eigenvalue weighted by Gasteiger charge is 2.48. The predicted octanol–water partition coefficient (Wildman–Crippen LogP) is 3.26. The summed E-state index contributed by atoms with van der Waals surface area (Å²) >= 11 is 0. The number of fused-ring (bicyclic) bond motifs is 3. The van der Waals surface area contributed by atoms with E-state index < -0.39 is 30.3 Å². The van der Waals surface area contributed by atoms with E-state index in [-0.39, 0.29) is 6.04 Å². The van der Waals surface area contributed by atoms with E-state index in [1.807, 2.05) is 24.3 Å². The van der Waals surface area contributed by atoms with E-state index in [1.54, 1.807) is 18.2 Å². The van der Waals surface area contributed by atoms with E-state index >= 15 is 0 Å². The quantitative estimate of drug-likeness (QED) is 0.530. The summed E-state index contributed by atoms with van der Waals surface area (Å²) in [5.74, 6) is -2.34. The zero-order valence-electron chi connectivity index (χ0n) is 16.1. The SMILES string of the molecule is O=C(CN1C(=O)C(=O)N(C2CCCC2)C1=O)Nc1ccc2oc3ccccc3c2c1. The van der Waals surface area contributed by atoms with Crippen LogP contribution in [0, 0.1) is 0 Å². The smallest absolute Gasteiger partial charge is 0.334 e. The molecule has 0 spiro atoms. The number of nitrogens with zero attached hydrogens (tertiary/aromatic N) is 2. The van der Waals surface area contributed by atoms with Gasteiger partial charge in [-0.15, -0.1) is 0 Å². The van der Waals surface area contributed by atoms with Gasteiger partial charge in [-0.25, -0.2) is 9.69 Å². The van der Waals surface area contributed by atoms with Gasteiger partial charge < -0.3 is 9.73 Å². The van der Waals surface area contributed by atoms with Crippen LogP contribution < -0.4 is 5.32 Å². The molecule has 0 radical (unpaired) electrons. The van der Waals surface area contributed by atoms with Crippen molar-refractivity contribution in [2.75, 3.05) is 11.9 Å². The molecule has 2 aliphatic rings. The van der Waals surface area contributed by atoms with E-state index in [2.05, 4.69) is 5.32 Å². The standard InChI is InChI=1S/C22H19N3O5/c26-19(12-24-20(27)21(28)25(22(24)29)14-5-1-2-6-14)23-13-9-10-18-16(11-13)15-7-3-4-8-17(15)30-18/h3-4,7-11,14H,1-2,5-6,12H2,(H,23,26). The highest BCUT2D eigenvalue weighted by atomic mass is 16.3. The number of furan rings is 1. The third kappa shape index (κ3) is 2.92. The van der Waals surface area contributed by atoms with Crippen LogP contribution in [0.15, 0.2) is 46.9 Å². The third-order valence-corrected chi connectivity index (χ3v) is 5.74. The summed E-state index contributed by atoms with van der Waals surface area (Å²) in [5, 5.41) is 4.47. The van der Waals surface area contributed by atoms with E-state index in [4.69, 9.17) is 4.42 Å². The number of hydrogen-bond acceptors (Lipinski definition) is 5. The molecule has 0 bridgehead atoms. The largest absolute Gasteiger partial charge is 0.456 e. The van der Waals surface area contributed by atoms with Crippen LogP contribution in [0.1, 0.15) is 25.7 Å². The first-order valence-electron chi connectivity index (χ1n) is 9.93. The zero-order chi connectivity index (χ0) is 20.8. The predicted molar refractivity (Wildman–Crippen MR) is 109 cm³/mol. The molecule has 1 aliphatic carbocycles. The third-order valence-electron chi connectivity index (χ3n) is 5.74. The molecule has 0 unspecified atom stereocenters. The monoisotopic (exact) mass is 405 g/mol. The van der Waals surface area contributed by atoms with Crippen LogP contribution in [0.5, 0.6) is 0 Å². The molecule has 1 saturated heterocycles. The molecule has 2 fully saturated rings. The van der Waals surface area contributed by atoms with Crippen LogP contribution in [0.3, 0.4) is 0 Å². The van der Waals surface area contributed by atoms with Crippen LogP contribution in [0.25, 0.3) is 21.9 Å². The molecule has 8 heteroatoms. The maximum Gasteiger partial charge on any atom is 0.334 e. The molecule has 2 heterocycles. The Morgan fingerprint density at radius 1 is 0.967 bits per heavy atom. The minimum absolute atomic E-state index is 0.251. The number of amides is 5. The number of anilines is 1. The van der Waals surface area contributed by atoms with Gasteiger partial charge in [0.15, 0.2) is 0 Å². The van der Waals surface area contributed by atoms with Crippen molar-refractivity contribution >= 4 is 51.4 Å². The topological polar surface area (TPSA) is 99.9 Å².